The maximum atomic E-state index is 12.1. The summed E-state index contributed by atoms with van der Waals surface area (Å²) >= 11 is 8.09. The van der Waals surface area contributed by atoms with Crippen LogP contribution in [0.15, 0.2) is 18.2 Å². The first-order chi connectivity index (χ1) is 7.58. The lowest BCUT2D eigenvalue weighted by atomic mass is 9.94. The van der Waals surface area contributed by atoms with Crippen molar-refractivity contribution in [2.75, 3.05) is 0 Å². The molecule has 0 fully saturated rings. The van der Waals surface area contributed by atoms with Gasteiger partial charge < -0.3 is 0 Å². The van der Waals surface area contributed by atoms with Gasteiger partial charge in [0, 0.05) is 20.6 Å². The zero-order valence-corrected chi connectivity index (χ0v) is 12.5. The van der Waals surface area contributed by atoms with Gasteiger partial charge in [-0.25, -0.2) is 0 Å². The van der Waals surface area contributed by atoms with Crippen LogP contribution < -0.4 is 0 Å². The molecule has 1 nitrogen and oxygen atoms in total. The van der Waals surface area contributed by atoms with Crippen molar-refractivity contribution in [2.24, 2.45) is 5.92 Å². The van der Waals surface area contributed by atoms with E-state index in [0.717, 1.165) is 22.0 Å². The number of rotatable bonds is 5. The van der Waals surface area contributed by atoms with E-state index in [-0.39, 0.29) is 5.78 Å². The third-order valence-electron chi connectivity index (χ3n) is 2.86. The summed E-state index contributed by atoms with van der Waals surface area (Å²) in [6, 6.07) is 5.48. The Bertz CT molecular complexity index is 372. The Kier molecular flexibility index (Phi) is 5.76. The van der Waals surface area contributed by atoms with Crippen molar-refractivity contribution in [2.45, 2.75) is 33.1 Å². The molecule has 0 bridgehead atoms. The van der Waals surface area contributed by atoms with Crippen LogP contribution in [0.2, 0.25) is 5.02 Å². The SMILES string of the molecule is CCC(CC)CC(=O)c1cc(Cl)ccc1I. The second-order valence-corrected chi connectivity index (χ2v) is 5.53. The zero-order chi connectivity index (χ0) is 12.1. The average molecular weight is 351 g/mol. The largest absolute Gasteiger partial charge is 0.294 e. The summed E-state index contributed by atoms with van der Waals surface area (Å²) < 4.78 is 0.984. The molecule has 0 N–H and O–H groups in total. The average Bonchev–Trinajstić information content (AvgIpc) is 2.28. The fourth-order valence-corrected chi connectivity index (χ4v) is 2.47. The van der Waals surface area contributed by atoms with Crippen LogP contribution in [0.25, 0.3) is 0 Å². The van der Waals surface area contributed by atoms with Crippen LogP contribution in [-0.2, 0) is 0 Å². The molecular weight excluding hydrogens is 334 g/mol. The molecule has 3 heteroatoms. The fourth-order valence-electron chi connectivity index (χ4n) is 1.66. The zero-order valence-electron chi connectivity index (χ0n) is 9.59. The van der Waals surface area contributed by atoms with Crippen LogP contribution in [0.3, 0.4) is 0 Å². The molecule has 0 aliphatic heterocycles. The Labute approximate surface area is 116 Å². The van der Waals surface area contributed by atoms with Crippen LogP contribution in [0, 0.1) is 9.49 Å². The van der Waals surface area contributed by atoms with E-state index in [1.807, 2.05) is 12.1 Å². The highest BCUT2D eigenvalue weighted by Gasteiger charge is 2.15. The molecular formula is C13H16ClIO. The summed E-state index contributed by atoms with van der Waals surface area (Å²) in [5, 5.41) is 0.633. The van der Waals surface area contributed by atoms with Gasteiger partial charge in [-0.1, -0.05) is 38.3 Å². The number of Topliss-reactive ketones (excluding diaryl/α,β-unsaturated/α-hetero) is 1. The number of benzene rings is 1. The Morgan fingerprint density at radius 3 is 2.56 bits per heavy atom. The molecule has 0 aliphatic rings. The molecule has 1 aromatic rings. The normalized spacial score (nSPS) is 10.8. The highest BCUT2D eigenvalue weighted by Crippen LogP contribution is 2.22. The van der Waals surface area contributed by atoms with E-state index in [2.05, 4.69) is 36.4 Å². The standard InChI is InChI=1S/C13H16ClIO/c1-3-9(4-2)7-13(16)11-8-10(14)5-6-12(11)15/h5-6,8-9H,3-4,7H2,1-2H3. The molecule has 0 saturated carbocycles. The monoisotopic (exact) mass is 350 g/mol. The molecule has 1 aromatic carbocycles. The maximum absolute atomic E-state index is 12.1. The molecule has 0 atom stereocenters. The second kappa shape index (κ2) is 6.60. The van der Waals surface area contributed by atoms with Gasteiger partial charge >= 0.3 is 0 Å². The Morgan fingerprint density at radius 1 is 1.38 bits per heavy atom. The first-order valence-corrected chi connectivity index (χ1v) is 7.02. The predicted molar refractivity (Wildman–Crippen MR) is 77.2 cm³/mol. The summed E-state index contributed by atoms with van der Waals surface area (Å²) in [7, 11) is 0. The number of carbonyl (C=O) groups is 1. The molecule has 0 unspecified atom stereocenters. The lowest BCUT2D eigenvalue weighted by Crippen LogP contribution is -2.08. The summed E-state index contributed by atoms with van der Waals surface area (Å²) in [5.74, 6) is 0.697. The molecule has 0 aromatic heterocycles. The number of ketones is 1. The molecule has 16 heavy (non-hydrogen) atoms. The van der Waals surface area contributed by atoms with Crippen LogP contribution >= 0.6 is 34.2 Å². The van der Waals surface area contributed by atoms with Crippen molar-refractivity contribution in [1.82, 2.24) is 0 Å². The predicted octanol–water partition coefficient (Wildman–Crippen LogP) is 4.95. The molecule has 0 saturated heterocycles. The number of halogens is 2. The van der Waals surface area contributed by atoms with Crippen LogP contribution in [0.4, 0.5) is 0 Å². The first kappa shape index (κ1) is 14.0. The highest BCUT2D eigenvalue weighted by atomic mass is 127. The molecule has 88 valence electrons. The van der Waals surface area contributed by atoms with E-state index < -0.39 is 0 Å². The number of hydrogen-bond donors (Lipinski definition) is 0. The van der Waals surface area contributed by atoms with E-state index in [0.29, 0.717) is 17.4 Å². The number of carbonyl (C=O) groups excluding carboxylic acids is 1. The molecule has 0 heterocycles. The van der Waals surface area contributed by atoms with E-state index in [4.69, 9.17) is 11.6 Å². The third kappa shape index (κ3) is 3.74. The van der Waals surface area contributed by atoms with Gasteiger partial charge in [0.1, 0.15) is 0 Å². The molecule has 0 amide bonds. The minimum absolute atomic E-state index is 0.209. The van der Waals surface area contributed by atoms with E-state index in [9.17, 15) is 4.79 Å². The molecule has 1 rings (SSSR count). The smallest absolute Gasteiger partial charge is 0.164 e. The lowest BCUT2D eigenvalue weighted by molar-refractivity contribution is 0.0958. The van der Waals surface area contributed by atoms with Gasteiger partial charge in [-0.3, -0.25) is 4.79 Å². The Morgan fingerprint density at radius 2 is 2.00 bits per heavy atom. The molecule has 0 spiro atoms. The van der Waals surface area contributed by atoms with Crippen LogP contribution in [0.5, 0.6) is 0 Å². The van der Waals surface area contributed by atoms with Gasteiger partial charge in [0.05, 0.1) is 0 Å². The van der Waals surface area contributed by atoms with Gasteiger partial charge in [-0.2, -0.15) is 0 Å². The summed E-state index contributed by atoms with van der Waals surface area (Å²) in [5.41, 5.74) is 0.764. The molecule has 0 radical (unpaired) electrons. The summed E-state index contributed by atoms with van der Waals surface area (Å²) in [4.78, 5) is 12.1. The van der Waals surface area contributed by atoms with Gasteiger partial charge in [-0.15, -0.1) is 0 Å². The number of hydrogen-bond acceptors (Lipinski definition) is 1. The molecule has 0 aliphatic carbocycles. The first-order valence-electron chi connectivity index (χ1n) is 5.56. The second-order valence-electron chi connectivity index (χ2n) is 3.93. The van der Waals surface area contributed by atoms with Crippen LogP contribution in [-0.4, -0.2) is 5.78 Å². The van der Waals surface area contributed by atoms with Crippen molar-refractivity contribution in [3.05, 3.63) is 32.4 Å². The maximum Gasteiger partial charge on any atom is 0.164 e. The van der Waals surface area contributed by atoms with Gasteiger partial charge in [-0.05, 0) is 46.7 Å². The van der Waals surface area contributed by atoms with E-state index >= 15 is 0 Å². The minimum atomic E-state index is 0.209. The van der Waals surface area contributed by atoms with Gasteiger partial charge in [0.15, 0.2) is 5.78 Å². The van der Waals surface area contributed by atoms with Crippen molar-refractivity contribution in [1.29, 1.82) is 0 Å². The van der Waals surface area contributed by atoms with Crippen molar-refractivity contribution < 1.29 is 4.79 Å². The fraction of sp³-hybridized carbons (Fsp3) is 0.462. The Hall–Kier alpha value is -0.0900. The minimum Gasteiger partial charge on any atom is -0.294 e. The van der Waals surface area contributed by atoms with Gasteiger partial charge in [0.25, 0.3) is 0 Å². The van der Waals surface area contributed by atoms with E-state index in [1.54, 1.807) is 6.07 Å². The van der Waals surface area contributed by atoms with E-state index in [1.165, 1.54) is 0 Å². The topological polar surface area (TPSA) is 17.1 Å². The third-order valence-corrected chi connectivity index (χ3v) is 4.03. The lowest BCUT2D eigenvalue weighted by Gasteiger charge is -2.11. The van der Waals surface area contributed by atoms with Crippen molar-refractivity contribution in [3.8, 4) is 0 Å². The summed E-state index contributed by atoms with van der Waals surface area (Å²) in [6.45, 7) is 4.26. The highest BCUT2D eigenvalue weighted by molar-refractivity contribution is 14.1. The van der Waals surface area contributed by atoms with Crippen LogP contribution in [0.1, 0.15) is 43.5 Å². The summed E-state index contributed by atoms with van der Waals surface area (Å²) in [6.07, 6.45) is 2.74. The quantitative estimate of drug-likeness (QED) is 0.542. The Balaban J connectivity index is 2.83. The van der Waals surface area contributed by atoms with Crippen molar-refractivity contribution in [3.63, 3.8) is 0 Å². The van der Waals surface area contributed by atoms with Gasteiger partial charge in [0.2, 0.25) is 0 Å². The van der Waals surface area contributed by atoms with Crippen molar-refractivity contribution >= 4 is 40.0 Å².